The number of hydrogen-bond acceptors (Lipinski definition) is 3. The first-order valence-electron chi connectivity index (χ1n) is 5.78. The second-order valence-corrected chi connectivity index (χ2v) is 3.59. The fourth-order valence-electron chi connectivity index (χ4n) is 0.992. The van der Waals surface area contributed by atoms with Gasteiger partial charge in [0.05, 0.1) is 0 Å². The van der Waals surface area contributed by atoms with Gasteiger partial charge in [0, 0.05) is 25.8 Å². The smallest absolute Gasteiger partial charge is 0.309 e. The molecule has 0 saturated heterocycles. The lowest BCUT2D eigenvalue weighted by atomic mass is 10.2. The maximum Gasteiger partial charge on any atom is 0.309 e. The standard InChI is InChI=1S/C11H22N2O3/c1-4-9(3)13-11(15)10(14)12-7-6-8-16-5-2/h9H,4-8H2,1-3H3,(H,12,14)(H,13,15)/t9-/m0/s1. The molecule has 0 bridgehead atoms. The number of carbonyl (C=O) groups is 2. The van der Waals surface area contributed by atoms with Crippen LogP contribution in [-0.4, -0.2) is 37.6 Å². The van der Waals surface area contributed by atoms with Crippen molar-refractivity contribution in [3.05, 3.63) is 0 Å². The number of hydrogen-bond donors (Lipinski definition) is 2. The van der Waals surface area contributed by atoms with Crippen molar-refractivity contribution >= 4 is 11.8 Å². The summed E-state index contributed by atoms with van der Waals surface area (Å²) in [5.41, 5.74) is 0. The fourth-order valence-corrected chi connectivity index (χ4v) is 0.992. The van der Waals surface area contributed by atoms with Crippen molar-refractivity contribution < 1.29 is 14.3 Å². The Kier molecular flexibility index (Phi) is 8.52. The SMILES string of the molecule is CCOCCCNC(=O)C(=O)N[C@@H](C)CC. The van der Waals surface area contributed by atoms with Crippen LogP contribution >= 0.6 is 0 Å². The summed E-state index contributed by atoms with van der Waals surface area (Å²) in [5, 5.41) is 5.14. The molecule has 0 aromatic carbocycles. The van der Waals surface area contributed by atoms with Crippen LogP contribution in [0.3, 0.4) is 0 Å². The molecule has 0 aromatic rings. The lowest BCUT2D eigenvalue weighted by Gasteiger charge is -2.11. The minimum Gasteiger partial charge on any atom is -0.382 e. The summed E-state index contributed by atoms with van der Waals surface area (Å²) in [6.45, 7) is 7.46. The number of ether oxygens (including phenoxy) is 1. The van der Waals surface area contributed by atoms with Crippen LogP contribution in [0.4, 0.5) is 0 Å². The number of amides is 2. The maximum atomic E-state index is 11.3. The van der Waals surface area contributed by atoms with Crippen molar-refractivity contribution in [1.29, 1.82) is 0 Å². The molecule has 0 heterocycles. The van der Waals surface area contributed by atoms with Crippen molar-refractivity contribution in [3.63, 3.8) is 0 Å². The van der Waals surface area contributed by atoms with Gasteiger partial charge in [-0.1, -0.05) is 6.92 Å². The summed E-state index contributed by atoms with van der Waals surface area (Å²) in [5.74, 6) is -1.14. The predicted molar refractivity (Wildman–Crippen MR) is 62.0 cm³/mol. The second-order valence-electron chi connectivity index (χ2n) is 3.59. The minimum absolute atomic E-state index is 0.0293. The van der Waals surface area contributed by atoms with E-state index in [2.05, 4.69) is 10.6 Å². The minimum atomic E-state index is -0.572. The Morgan fingerprint density at radius 1 is 1.25 bits per heavy atom. The van der Waals surface area contributed by atoms with Gasteiger partial charge in [-0.2, -0.15) is 0 Å². The zero-order chi connectivity index (χ0) is 12.4. The molecule has 5 nitrogen and oxygen atoms in total. The van der Waals surface area contributed by atoms with Gasteiger partial charge >= 0.3 is 11.8 Å². The molecule has 0 aliphatic carbocycles. The number of carbonyl (C=O) groups excluding carboxylic acids is 2. The molecule has 0 radical (unpaired) electrons. The van der Waals surface area contributed by atoms with Crippen molar-refractivity contribution in [2.75, 3.05) is 19.8 Å². The Morgan fingerprint density at radius 2 is 1.94 bits per heavy atom. The molecular weight excluding hydrogens is 208 g/mol. The van der Waals surface area contributed by atoms with Gasteiger partial charge in [0.15, 0.2) is 0 Å². The van der Waals surface area contributed by atoms with Crippen LogP contribution in [0.1, 0.15) is 33.6 Å². The van der Waals surface area contributed by atoms with Gasteiger partial charge in [-0.15, -0.1) is 0 Å². The van der Waals surface area contributed by atoms with Crippen molar-refractivity contribution in [2.45, 2.75) is 39.7 Å². The highest BCUT2D eigenvalue weighted by Gasteiger charge is 2.13. The molecule has 2 amide bonds. The highest BCUT2D eigenvalue weighted by atomic mass is 16.5. The van der Waals surface area contributed by atoms with E-state index in [0.717, 1.165) is 12.8 Å². The Bertz CT molecular complexity index is 219. The van der Waals surface area contributed by atoms with E-state index in [1.165, 1.54) is 0 Å². The topological polar surface area (TPSA) is 67.4 Å². The van der Waals surface area contributed by atoms with E-state index in [9.17, 15) is 9.59 Å². The first kappa shape index (κ1) is 14.9. The molecule has 0 rings (SSSR count). The van der Waals surface area contributed by atoms with Crippen LogP contribution in [0.2, 0.25) is 0 Å². The van der Waals surface area contributed by atoms with Crippen molar-refractivity contribution in [1.82, 2.24) is 10.6 Å². The first-order chi connectivity index (χ1) is 7.61. The first-order valence-corrected chi connectivity index (χ1v) is 5.78. The van der Waals surface area contributed by atoms with E-state index in [1.807, 2.05) is 20.8 Å². The lowest BCUT2D eigenvalue weighted by Crippen LogP contribution is -2.43. The molecule has 0 aromatic heterocycles. The average Bonchev–Trinajstić information content (AvgIpc) is 2.28. The zero-order valence-corrected chi connectivity index (χ0v) is 10.3. The number of nitrogens with one attached hydrogen (secondary N) is 2. The Hall–Kier alpha value is -1.10. The van der Waals surface area contributed by atoms with Gasteiger partial charge < -0.3 is 15.4 Å². The van der Waals surface area contributed by atoms with E-state index in [-0.39, 0.29) is 6.04 Å². The molecular formula is C11H22N2O3. The molecule has 2 N–H and O–H groups in total. The summed E-state index contributed by atoms with van der Waals surface area (Å²) in [6, 6.07) is 0.0293. The lowest BCUT2D eigenvalue weighted by molar-refractivity contribution is -0.139. The van der Waals surface area contributed by atoms with Gasteiger partial charge in [-0.25, -0.2) is 0 Å². The van der Waals surface area contributed by atoms with Gasteiger partial charge in [0.25, 0.3) is 0 Å². The Labute approximate surface area is 96.9 Å². The molecule has 5 heteroatoms. The molecule has 0 fully saturated rings. The van der Waals surface area contributed by atoms with Gasteiger partial charge in [0.1, 0.15) is 0 Å². The molecule has 94 valence electrons. The molecule has 0 aliphatic rings. The van der Waals surface area contributed by atoms with Crippen LogP contribution in [0.15, 0.2) is 0 Å². The van der Waals surface area contributed by atoms with E-state index in [4.69, 9.17) is 4.74 Å². The van der Waals surface area contributed by atoms with Crippen molar-refractivity contribution in [3.8, 4) is 0 Å². The summed E-state index contributed by atoms with van der Waals surface area (Å²) in [7, 11) is 0. The highest BCUT2D eigenvalue weighted by Crippen LogP contribution is 1.87. The third-order valence-electron chi connectivity index (χ3n) is 2.15. The van der Waals surface area contributed by atoms with Crippen LogP contribution in [0.5, 0.6) is 0 Å². The second kappa shape index (κ2) is 9.15. The predicted octanol–water partition coefficient (Wildman–Crippen LogP) is 0.444. The third kappa shape index (κ3) is 7.23. The van der Waals surface area contributed by atoms with Crippen molar-refractivity contribution in [2.24, 2.45) is 0 Å². The quantitative estimate of drug-likeness (QED) is 0.493. The van der Waals surface area contributed by atoms with E-state index >= 15 is 0 Å². The number of rotatable bonds is 7. The third-order valence-corrected chi connectivity index (χ3v) is 2.15. The zero-order valence-electron chi connectivity index (χ0n) is 10.3. The maximum absolute atomic E-state index is 11.3. The van der Waals surface area contributed by atoms with Gasteiger partial charge in [-0.3, -0.25) is 9.59 Å². The Morgan fingerprint density at radius 3 is 2.50 bits per heavy atom. The molecule has 0 spiro atoms. The van der Waals surface area contributed by atoms with E-state index < -0.39 is 11.8 Å². The van der Waals surface area contributed by atoms with Gasteiger partial charge in [0.2, 0.25) is 0 Å². The van der Waals surface area contributed by atoms with Crippen LogP contribution in [0, 0.1) is 0 Å². The molecule has 0 saturated carbocycles. The van der Waals surface area contributed by atoms with Gasteiger partial charge in [-0.05, 0) is 26.7 Å². The van der Waals surface area contributed by atoms with E-state index in [1.54, 1.807) is 0 Å². The highest BCUT2D eigenvalue weighted by molar-refractivity contribution is 6.35. The molecule has 16 heavy (non-hydrogen) atoms. The van der Waals surface area contributed by atoms with Crippen LogP contribution in [-0.2, 0) is 14.3 Å². The summed E-state index contributed by atoms with van der Waals surface area (Å²) < 4.78 is 5.11. The monoisotopic (exact) mass is 230 g/mol. The van der Waals surface area contributed by atoms with Crippen LogP contribution < -0.4 is 10.6 Å². The van der Waals surface area contributed by atoms with Crippen LogP contribution in [0.25, 0.3) is 0 Å². The summed E-state index contributed by atoms with van der Waals surface area (Å²) in [6.07, 6.45) is 1.53. The summed E-state index contributed by atoms with van der Waals surface area (Å²) >= 11 is 0. The summed E-state index contributed by atoms with van der Waals surface area (Å²) in [4.78, 5) is 22.5. The Balaban J connectivity index is 3.59. The average molecular weight is 230 g/mol. The molecule has 1 atom stereocenters. The van der Waals surface area contributed by atoms with E-state index in [0.29, 0.717) is 19.8 Å². The normalized spacial score (nSPS) is 11.9. The largest absolute Gasteiger partial charge is 0.382 e. The fraction of sp³-hybridized carbons (Fsp3) is 0.818. The molecule has 0 aliphatic heterocycles. The molecule has 0 unspecified atom stereocenters.